The number of nitrogens with zero attached hydrogens (tertiary/aromatic N) is 2. The van der Waals surface area contributed by atoms with E-state index in [0.717, 1.165) is 30.6 Å². The van der Waals surface area contributed by atoms with Crippen LogP contribution in [0.5, 0.6) is 5.75 Å². The Morgan fingerprint density at radius 1 is 1.20 bits per heavy atom. The second-order valence-electron chi connectivity index (χ2n) is 5.91. The first-order chi connectivity index (χ1) is 9.81. The van der Waals surface area contributed by atoms with Crippen LogP contribution in [-0.2, 0) is 0 Å². The molecule has 2 heterocycles. The first-order valence-corrected chi connectivity index (χ1v) is 7.76. The predicted octanol–water partition coefficient (Wildman–Crippen LogP) is 1.82. The zero-order valence-corrected chi connectivity index (χ0v) is 12.1. The molecule has 0 radical (unpaired) electrons. The fourth-order valence-corrected chi connectivity index (χ4v) is 3.32. The summed E-state index contributed by atoms with van der Waals surface area (Å²) < 4.78 is 5.77. The van der Waals surface area contributed by atoms with E-state index in [2.05, 4.69) is 9.80 Å². The maximum absolute atomic E-state index is 5.77. The highest BCUT2D eigenvalue weighted by Gasteiger charge is 2.28. The highest BCUT2D eigenvalue weighted by atomic mass is 16.5. The van der Waals surface area contributed by atoms with Crippen molar-refractivity contribution in [3.63, 3.8) is 0 Å². The molecule has 2 N–H and O–H groups in total. The standard InChI is InChI=1S/C16H25N3O/c17-14-4-3-5-16(12-14)20-11-10-18-9-6-15(13-18)19-7-1-2-8-19/h3-5,12,15H,1-2,6-11,13,17H2. The monoisotopic (exact) mass is 275 g/mol. The quantitative estimate of drug-likeness (QED) is 0.832. The lowest BCUT2D eigenvalue weighted by atomic mass is 10.2. The number of hydrogen-bond donors (Lipinski definition) is 1. The van der Waals surface area contributed by atoms with Crippen LogP contribution in [0, 0.1) is 0 Å². The van der Waals surface area contributed by atoms with Gasteiger partial charge in [-0.05, 0) is 51.0 Å². The molecule has 0 amide bonds. The van der Waals surface area contributed by atoms with E-state index >= 15 is 0 Å². The summed E-state index contributed by atoms with van der Waals surface area (Å²) in [5, 5.41) is 0. The predicted molar refractivity (Wildman–Crippen MR) is 82.0 cm³/mol. The molecule has 3 rings (SSSR count). The fraction of sp³-hybridized carbons (Fsp3) is 0.625. The summed E-state index contributed by atoms with van der Waals surface area (Å²) in [5.41, 5.74) is 6.51. The molecule has 0 aliphatic carbocycles. The lowest BCUT2D eigenvalue weighted by Gasteiger charge is -2.23. The molecule has 0 aromatic heterocycles. The van der Waals surface area contributed by atoms with E-state index in [0.29, 0.717) is 0 Å². The molecule has 4 nitrogen and oxygen atoms in total. The highest BCUT2D eigenvalue weighted by Crippen LogP contribution is 2.20. The van der Waals surface area contributed by atoms with E-state index in [4.69, 9.17) is 10.5 Å². The molecule has 0 bridgehead atoms. The molecule has 110 valence electrons. The van der Waals surface area contributed by atoms with Gasteiger partial charge < -0.3 is 10.5 Å². The van der Waals surface area contributed by atoms with Gasteiger partial charge in [0.25, 0.3) is 0 Å². The molecule has 2 aliphatic rings. The van der Waals surface area contributed by atoms with Crippen molar-refractivity contribution in [3.05, 3.63) is 24.3 Å². The van der Waals surface area contributed by atoms with Crippen molar-refractivity contribution in [2.24, 2.45) is 0 Å². The van der Waals surface area contributed by atoms with Crippen LogP contribution in [-0.4, -0.2) is 55.2 Å². The summed E-state index contributed by atoms with van der Waals surface area (Å²) in [6.07, 6.45) is 4.09. The van der Waals surface area contributed by atoms with Crippen LogP contribution in [0.2, 0.25) is 0 Å². The van der Waals surface area contributed by atoms with Gasteiger partial charge in [0.1, 0.15) is 12.4 Å². The van der Waals surface area contributed by atoms with Gasteiger partial charge in [-0.15, -0.1) is 0 Å². The van der Waals surface area contributed by atoms with Crippen LogP contribution in [0.1, 0.15) is 19.3 Å². The Morgan fingerprint density at radius 3 is 2.85 bits per heavy atom. The van der Waals surface area contributed by atoms with E-state index in [9.17, 15) is 0 Å². The van der Waals surface area contributed by atoms with Gasteiger partial charge >= 0.3 is 0 Å². The van der Waals surface area contributed by atoms with Crippen molar-refractivity contribution < 1.29 is 4.74 Å². The van der Waals surface area contributed by atoms with Gasteiger partial charge in [-0.2, -0.15) is 0 Å². The summed E-state index contributed by atoms with van der Waals surface area (Å²) in [5.74, 6) is 0.875. The van der Waals surface area contributed by atoms with Gasteiger partial charge in [0.05, 0.1) is 0 Å². The second-order valence-corrected chi connectivity index (χ2v) is 5.91. The minimum Gasteiger partial charge on any atom is -0.492 e. The molecule has 1 aromatic carbocycles. The zero-order chi connectivity index (χ0) is 13.8. The van der Waals surface area contributed by atoms with Crippen molar-refractivity contribution in [2.45, 2.75) is 25.3 Å². The number of likely N-dealkylation sites (tertiary alicyclic amines) is 2. The molecule has 4 heteroatoms. The molecule has 20 heavy (non-hydrogen) atoms. The van der Waals surface area contributed by atoms with Gasteiger partial charge in [-0.25, -0.2) is 0 Å². The summed E-state index contributed by atoms with van der Waals surface area (Å²) in [6.45, 7) is 6.79. The third kappa shape index (κ3) is 3.44. The summed E-state index contributed by atoms with van der Waals surface area (Å²) in [7, 11) is 0. The lowest BCUT2D eigenvalue weighted by molar-refractivity contribution is 0.207. The number of anilines is 1. The molecule has 1 aromatic rings. The molecule has 2 saturated heterocycles. The average molecular weight is 275 g/mol. The Bertz CT molecular complexity index is 431. The molecule has 1 atom stereocenters. The third-order valence-corrected chi connectivity index (χ3v) is 4.44. The first kappa shape index (κ1) is 13.7. The molecule has 0 saturated carbocycles. The molecule has 2 aliphatic heterocycles. The number of ether oxygens (including phenoxy) is 1. The topological polar surface area (TPSA) is 41.7 Å². The Balaban J connectivity index is 1.39. The highest BCUT2D eigenvalue weighted by molar-refractivity contribution is 5.43. The van der Waals surface area contributed by atoms with E-state index in [-0.39, 0.29) is 0 Å². The SMILES string of the molecule is Nc1cccc(OCCN2CCC(N3CCCC3)C2)c1. The van der Waals surface area contributed by atoms with Crippen molar-refractivity contribution >= 4 is 5.69 Å². The van der Waals surface area contributed by atoms with Crippen molar-refractivity contribution in [1.82, 2.24) is 9.80 Å². The van der Waals surface area contributed by atoms with Gasteiger partial charge in [-0.1, -0.05) is 6.07 Å². The fourth-order valence-electron chi connectivity index (χ4n) is 3.32. The first-order valence-electron chi connectivity index (χ1n) is 7.76. The molecule has 2 fully saturated rings. The largest absolute Gasteiger partial charge is 0.492 e. The zero-order valence-electron chi connectivity index (χ0n) is 12.1. The lowest BCUT2D eigenvalue weighted by Crippen LogP contribution is -2.36. The molecule has 0 spiro atoms. The van der Waals surface area contributed by atoms with Crippen LogP contribution in [0.25, 0.3) is 0 Å². The molecular weight excluding hydrogens is 250 g/mol. The number of benzene rings is 1. The summed E-state index contributed by atoms with van der Waals surface area (Å²) >= 11 is 0. The van der Waals surface area contributed by atoms with Crippen LogP contribution in [0.4, 0.5) is 5.69 Å². The Kier molecular flexibility index (Phi) is 4.43. The van der Waals surface area contributed by atoms with E-state index in [1.165, 1.54) is 45.4 Å². The van der Waals surface area contributed by atoms with E-state index in [1.54, 1.807) is 0 Å². The van der Waals surface area contributed by atoms with Gasteiger partial charge in [0.15, 0.2) is 0 Å². The second kappa shape index (κ2) is 6.46. The van der Waals surface area contributed by atoms with Crippen molar-refractivity contribution in [2.75, 3.05) is 45.1 Å². The number of nitrogen functional groups attached to an aromatic ring is 1. The van der Waals surface area contributed by atoms with Crippen molar-refractivity contribution in [1.29, 1.82) is 0 Å². The normalized spacial score (nSPS) is 24.3. The van der Waals surface area contributed by atoms with Crippen LogP contribution in [0.15, 0.2) is 24.3 Å². The van der Waals surface area contributed by atoms with Crippen LogP contribution in [0.3, 0.4) is 0 Å². The van der Waals surface area contributed by atoms with Gasteiger partial charge in [-0.3, -0.25) is 9.80 Å². The summed E-state index contributed by atoms with van der Waals surface area (Å²) in [4.78, 5) is 5.19. The molecular formula is C16H25N3O. The van der Waals surface area contributed by atoms with Gasteiger partial charge in [0, 0.05) is 30.9 Å². The summed E-state index contributed by atoms with van der Waals surface area (Å²) in [6, 6.07) is 8.45. The number of nitrogens with two attached hydrogens (primary N) is 1. The maximum atomic E-state index is 5.77. The average Bonchev–Trinajstić information content (AvgIpc) is 3.09. The third-order valence-electron chi connectivity index (χ3n) is 4.44. The van der Waals surface area contributed by atoms with E-state index in [1.807, 2.05) is 24.3 Å². The maximum Gasteiger partial charge on any atom is 0.121 e. The number of hydrogen-bond acceptors (Lipinski definition) is 4. The smallest absolute Gasteiger partial charge is 0.121 e. The minimum absolute atomic E-state index is 0.746. The Morgan fingerprint density at radius 2 is 2.05 bits per heavy atom. The van der Waals surface area contributed by atoms with E-state index < -0.39 is 0 Å². The van der Waals surface area contributed by atoms with Crippen LogP contribution >= 0.6 is 0 Å². The Hall–Kier alpha value is -1.26. The Labute approximate surface area is 121 Å². The minimum atomic E-state index is 0.746. The number of rotatable bonds is 5. The van der Waals surface area contributed by atoms with Crippen molar-refractivity contribution in [3.8, 4) is 5.75 Å². The van der Waals surface area contributed by atoms with Gasteiger partial charge in [0.2, 0.25) is 0 Å². The van der Waals surface area contributed by atoms with Crippen LogP contribution < -0.4 is 10.5 Å². The molecule has 1 unspecified atom stereocenters.